The fourth-order valence-corrected chi connectivity index (χ4v) is 1.39. The van der Waals surface area contributed by atoms with Gasteiger partial charge < -0.3 is 15.5 Å². The van der Waals surface area contributed by atoms with Gasteiger partial charge in [-0.2, -0.15) is 0 Å². The summed E-state index contributed by atoms with van der Waals surface area (Å²) in [5.74, 6) is 5.93. The second kappa shape index (κ2) is 6.92. The minimum Gasteiger partial charge on any atom is -0.393 e. The fraction of sp³-hybridized carbons (Fsp3) is 0.667. The van der Waals surface area contributed by atoms with Crippen LogP contribution in [0.3, 0.4) is 0 Å². The third kappa shape index (κ3) is 4.87. The topological polar surface area (TPSA) is 62.7 Å². The molecule has 1 heterocycles. The van der Waals surface area contributed by atoms with Crippen molar-refractivity contribution in [1.82, 2.24) is 10.6 Å². The van der Waals surface area contributed by atoms with Crippen LogP contribution in [0.2, 0.25) is 0 Å². The molecule has 0 bridgehead atoms. The Labute approximate surface area is 102 Å². The van der Waals surface area contributed by atoms with Crippen LogP contribution in [-0.2, 0) is 9.63 Å². The van der Waals surface area contributed by atoms with Crippen LogP contribution in [-0.4, -0.2) is 37.4 Å². The molecular weight excluding hydrogens is 218 g/mol. The maximum Gasteiger partial charge on any atom is 0.234 e. The average Bonchev–Trinajstić information content (AvgIpc) is 2.28. The molecule has 1 saturated heterocycles. The summed E-state index contributed by atoms with van der Waals surface area (Å²) in [6, 6.07) is -0.0250. The lowest BCUT2D eigenvalue weighted by molar-refractivity contribution is -0.122. The monoisotopic (exact) mass is 237 g/mol. The van der Waals surface area contributed by atoms with Gasteiger partial charge >= 0.3 is 0 Å². The van der Waals surface area contributed by atoms with Crippen molar-refractivity contribution in [3.63, 3.8) is 0 Å². The lowest BCUT2D eigenvalue weighted by Gasteiger charge is -2.22. The van der Waals surface area contributed by atoms with Gasteiger partial charge in [-0.15, -0.1) is 0 Å². The van der Waals surface area contributed by atoms with Crippen molar-refractivity contribution in [2.24, 2.45) is 11.1 Å². The van der Waals surface area contributed by atoms with E-state index in [1.54, 1.807) is 6.92 Å². The van der Waals surface area contributed by atoms with Crippen molar-refractivity contribution in [2.45, 2.75) is 26.8 Å². The third-order valence-corrected chi connectivity index (χ3v) is 2.28. The second-order valence-electron chi connectivity index (χ2n) is 4.20. The van der Waals surface area contributed by atoms with Crippen molar-refractivity contribution in [2.75, 3.05) is 19.7 Å². The molecule has 1 atom stereocenters. The van der Waals surface area contributed by atoms with Crippen LogP contribution in [0, 0.1) is 17.8 Å². The van der Waals surface area contributed by atoms with Gasteiger partial charge in [0.05, 0.1) is 12.6 Å². The number of oxime groups is 1. The summed E-state index contributed by atoms with van der Waals surface area (Å²) in [6.07, 6.45) is 0. The Kier molecular flexibility index (Phi) is 5.50. The van der Waals surface area contributed by atoms with Crippen LogP contribution in [0.15, 0.2) is 5.16 Å². The predicted octanol–water partition coefficient (Wildman–Crippen LogP) is 0.126. The summed E-state index contributed by atoms with van der Waals surface area (Å²) in [6.45, 7) is 7.23. The number of amides is 1. The van der Waals surface area contributed by atoms with Gasteiger partial charge in [0.2, 0.25) is 5.91 Å². The van der Waals surface area contributed by atoms with Gasteiger partial charge in [-0.25, -0.2) is 0 Å². The molecule has 1 fully saturated rings. The first kappa shape index (κ1) is 13.5. The maximum absolute atomic E-state index is 11.1. The molecular formula is C12H19N3O2. The smallest absolute Gasteiger partial charge is 0.234 e. The molecule has 0 aromatic rings. The minimum absolute atomic E-state index is 0.00809. The SMILES string of the molecule is CC#C/C(=N\OC[C@H]1CNCC(=O)N1)C(C)C. The van der Waals surface area contributed by atoms with Gasteiger partial charge in [0.25, 0.3) is 0 Å². The summed E-state index contributed by atoms with van der Waals surface area (Å²) >= 11 is 0. The Balaban J connectivity index is 2.40. The second-order valence-corrected chi connectivity index (χ2v) is 4.20. The molecule has 0 aliphatic carbocycles. The Hall–Kier alpha value is -1.54. The Bertz CT molecular complexity index is 352. The molecule has 1 rings (SSSR count). The molecule has 0 radical (unpaired) electrons. The minimum atomic E-state index is -0.0250. The molecule has 5 nitrogen and oxygen atoms in total. The third-order valence-electron chi connectivity index (χ3n) is 2.28. The van der Waals surface area contributed by atoms with Gasteiger partial charge in [0.15, 0.2) is 0 Å². The van der Waals surface area contributed by atoms with E-state index in [9.17, 15) is 4.79 Å². The van der Waals surface area contributed by atoms with E-state index < -0.39 is 0 Å². The van der Waals surface area contributed by atoms with Crippen LogP contribution < -0.4 is 10.6 Å². The lowest BCUT2D eigenvalue weighted by atomic mass is 10.1. The Morgan fingerprint density at radius 1 is 1.65 bits per heavy atom. The fourth-order valence-electron chi connectivity index (χ4n) is 1.39. The van der Waals surface area contributed by atoms with Crippen LogP contribution in [0.25, 0.3) is 0 Å². The zero-order valence-corrected chi connectivity index (χ0v) is 10.5. The summed E-state index contributed by atoms with van der Waals surface area (Å²) in [4.78, 5) is 16.3. The normalized spacial score (nSPS) is 20.6. The number of hydrogen-bond donors (Lipinski definition) is 2. The first-order valence-electron chi connectivity index (χ1n) is 5.76. The summed E-state index contributed by atoms with van der Waals surface area (Å²) in [5, 5.41) is 9.82. The molecule has 1 aliphatic heterocycles. The van der Waals surface area contributed by atoms with E-state index in [0.717, 1.165) is 5.71 Å². The molecule has 0 saturated carbocycles. The van der Waals surface area contributed by atoms with E-state index in [2.05, 4.69) is 27.6 Å². The highest BCUT2D eigenvalue weighted by Crippen LogP contribution is 1.98. The first-order chi connectivity index (χ1) is 8.13. The highest BCUT2D eigenvalue weighted by atomic mass is 16.6. The largest absolute Gasteiger partial charge is 0.393 e. The number of piperazine rings is 1. The van der Waals surface area contributed by atoms with Gasteiger partial charge in [-0.3, -0.25) is 4.79 Å². The zero-order chi connectivity index (χ0) is 12.7. The van der Waals surface area contributed by atoms with Crippen molar-refractivity contribution in [1.29, 1.82) is 0 Å². The molecule has 94 valence electrons. The van der Waals surface area contributed by atoms with E-state index in [4.69, 9.17) is 4.84 Å². The molecule has 0 unspecified atom stereocenters. The summed E-state index contributed by atoms with van der Waals surface area (Å²) in [7, 11) is 0. The van der Waals surface area contributed by atoms with Crippen LogP contribution in [0.5, 0.6) is 0 Å². The summed E-state index contributed by atoms with van der Waals surface area (Å²) in [5.41, 5.74) is 0.725. The average molecular weight is 237 g/mol. The van der Waals surface area contributed by atoms with E-state index in [0.29, 0.717) is 19.7 Å². The van der Waals surface area contributed by atoms with Gasteiger partial charge in [-0.1, -0.05) is 24.9 Å². The van der Waals surface area contributed by atoms with E-state index in [1.807, 2.05) is 13.8 Å². The highest BCUT2D eigenvalue weighted by molar-refractivity contribution is 6.01. The van der Waals surface area contributed by atoms with Gasteiger partial charge in [0, 0.05) is 12.5 Å². The van der Waals surface area contributed by atoms with Crippen molar-refractivity contribution in [3.8, 4) is 11.8 Å². The van der Waals surface area contributed by atoms with E-state index in [-0.39, 0.29) is 17.9 Å². The van der Waals surface area contributed by atoms with Crippen LogP contribution >= 0.6 is 0 Å². The number of carbonyl (C=O) groups excluding carboxylic acids is 1. The first-order valence-corrected chi connectivity index (χ1v) is 5.76. The van der Waals surface area contributed by atoms with Crippen LogP contribution in [0.4, 0.5) is 0 Å². The maximum atomic E-state index is 11.1. The Morgan fingerprint density at radius 3 is 3.00 bits per heavy atom. The molecule has 17 heavy (non-hydrogen) atoms. The summed E-state index contributed by atoms with van der Waals surface area (Å²) < 4.78 is 0. The van der Waals surface area contributed by atoms with Crippen molar-refractivity contribution >= 4 is 11.6 Å². The molecule has 2 N–H and O–H groups in total. The van der Waals surface area contributed by atoms with Gasteiger partial charge in [0.1, 0.15) is 12.3 Å². The quantitative estimate of drug-likeness (QED) is 0.415. The van der Waals surface area contributed by atoms with Crippen LogP contribution in [0.1, 0.15) is 20.8 Å². The molecule has 1 aliphatic rings. The van der Waals surface area contributed by atoms with E-state index in [1.165, 1.54) is 0 Å². The number of carbonyl (C=O) groups is 1. The van der Waals surface area contributed by atoms with E-state index >= 15 is 0 Å². The molecule has 0 aromatic heterocycles. The van der Waals surface area contributed by atoms with Gasteiger partial charge in [-0.05, 0) is 12.8 Å². The van der Waals surface area contributed by atoms with Crippen molar-refractivity contribution < 1.29 is 9.63 Å². The molecule has 5 heteroatoms. The number of nitrogens with one attached hydrogen (secondary N) is 2. The van der Waals surface area contributed by atoms with Crippen molar-refractivity contribution in [3.05, 3.63) is 0 Å². The number of nitrogens with zero attached hydrogens (tertiary/aromatic N) is 1. The molecule has 0 spiro atoms. The highest BCUT2D eigenvalue weighted by Gasteiger charge is 2.17. The molecule has 0 aromatic carbocycles. The number of rotatable bonds is 4. The predicted molar refractivity (Wildman–Crippen MR) is 66.5 cm³/mol. The standard InChI is InChI=1S/C12H19N3O2/c1-4-5-11(9(2)3)15-17-8-10-6-13-7-12(16)14-10/h9-10,13H,6-8H2,1-3H3,(H,14,16)/b15-11+/t10-/m1/s1. The Morgan fingerprint density at radius 2 is 2.41 bits per heavy atom. The molecule has 1 amide bonds. The zero-order valence-electron chi connectivity index (χ0n) is 10.5. The lowest BCUT2D eigenvalue weighted by Crippen LogP contribution is -2.53. The number of hydrogen-bond acceptors (Lipinski definition) is 4.